The van der Waals surface area contributed by atoms with Gasteiger partial charge in [0.15, 0.2) is 0 Å². The summed E-state index contributed by atoms with van der Waals surface area (Å²) in [5, 5.41) is 0. The summed E-state index contributed by atoms with van der Waals surface area (Å²) in [5.41, 5.74) is 3.28. The molecule has 4 aliphatic heterocycles. The van der Waals surface area contributed by atoms with Crippen molar-refractivity contribution in [3.63, 3.8) is 0 Å². The predicted molar refractivity (Wildman–Crippen MR) is 191 cm³/mol. The van der Waals surface area contributed by atoms with Gasteiger partial charge in [-0.15, -0.1) is 0 Å². The molecule has 0 aromatic carbocycles. The van der Waals surface area contributed by atoms with E-state index >= 15 is 0 Å². The summed E-state index contributed by atoms with van der Waals surface area (Å²) >= 11 is 0. The lowest BCUT2D eigenvalue weighted by Crippen LogP contribution is -2.45. The smallest absolute Gasteiger partial charge is 0.0670 e. The van der Waals surface area contributed by atoms with Crippen molar-refractivity contribution >= 4 is 0 Å². The summed E-state index contributed by atoms with van der Waals surface area (Å²) in [5.74, 6) is 1.77. The van der Waals surface area contributed by atoms with Crippen LogP contribution in [0, 0.1) is 11.8 Å². The zero-order valence-electron chi connectivity index (χ0n) is 32.3. The third kappa shape index (κ3) is 16.8. The van der Waals surface area contributed by atoms with Gasteiger partial charge >= 0.3 is 0 Å². The molecular weight excluding hydrogens is 544 g/mol. The molecule has 4 aliphatic rings. The second-order valence-corrected chi connectivity index (χ2v) is 16.8. The van der Waals surface area contributed by atoms with Crippen molar-refractivity contribution in [3.8, 4) is 0 Å². The van der Waals surface area contributed by atoms with Gasteiger partial charge in [-0.3, -0.25) is 0 Å². The molecule has 0 aromatic heterocycles. The normalized spacial score (nSPS) is 32.4. The first-order chi connectivity index (χ1) is 20.1. The molecule has 4 atom stereocenters. The van der Waals surface area contributed by atoms with Crippen LogP contribution in [0.25, 0.3) is 0 Å². The monoisotopic (exact) mass is 621 g/mol. The minimum Gasteiger partial charge on any atom is -0.376 e. The molecule has 0 aliphatic carbocycles. The van der Waals surface area contributed by atoms with E-state index < -0.39 is 0 Å². The Morgan fingerprint density at radius 1 is 0.545 bits per heavy atom. The van der Waals surface area contributed by atoms with Crippen LogP contribution in [0.1, 0.15) is 175 Å². The van der Waals surface area contributed by atoms with Gasteiger partial charge < -0.3 is 18.9 Å². The van der Waals surface area contributed by atoms with E-state index in [0.29, 0.717) is 24.4 Å². The van der Waals surface area contributed by atoms with Crippen LogP contribution in [-0.4, -0.2) is 46.8 Å². The lowest BCUT2D eigenvalue weighted by Gasteiger charge is -2.45. The summed E-state index contributed by atoms with van der Waals surface area (Å²) < 4.78 is 23.1. The lowest BCUT2D eigenvalue weighted by atomic mass is 9.79. The number of ether oxygens (including phenoxy) is 4. The molecule has 4 heterocycles. The summed E-state index contributed by atoms with van der Waals surface area (Å²) in [6.45, 7) is 34.9. The van der Waals surface area contributed by atoms with Crippen molar-refractivity contribution in [2.24, 2.45) is 11.8 Å². The average molecular weight is 621 g/mol. The maximum atomic E-state index is 5.99. The van der Waals surface area contributed by atoms with Gasteiger partial charge in [-0.2, -0.15) is 0 Å². The van der Waals surface area contributed by atoms with E-state index in [2.05, 4.69) is 123 Å². The number of hydrogen-bond acceptors (Lipinski definition) is 4. The summed E-state index contributed by atoms with van der Waals surface area (Å²) in [6, 6.07) is 0. The molecule has 0 aromatic rings. The Hall–Kier alpha value is -0.680. The average Bonchev–Trinajstić information content (AvgIpc) is 2.85. The first kappa shape index (κ1) is 41.3. The zero-order chi connectivity index (χ0) is 33.9. The predicted octanol–water partition coefficient (Wildman–Crippen LogP) is 11.8. The molecule has 4 rings (SSSR count). The van der Waals surface area contributed by atoms with Crippen molar-refractivity contribution in [2.45, 2.75) is 222 Å². The van der Waals surface area contributed by atoms with Crippen molar-refractivity contribution in [1.29, 1.82) is 0 Å². The molecule has 4 nitrogen and oxygen atoms in total. The largest absolute Gasteiger partial charge is 0.376 e. The zero-order valence-corrected chi connectivity index (χ0v) is 32.3. The Morgan fingerprint density at radius 3 is 1.27 bits per heavy atom. The van der Waals surface area contributed by atoms with E-state index in [0.717, 1.165) is 37.5 Å². The Morgan fingerprint density at radius 2 is 0.909 bits per heavy atom. The Balaban J connectivity index is 0.000000294. The van der Waals surface area contributed by atoms with Gasteiger partial charge in [0.2, 0.25) is 0 Å². The Bertz CT molecular complexity index is 824. The quantitative estimate of drug-likeness (QED) is 0.288. The van der Waals surface area contributed by atoms with Crippen LogP contribution >= 0.6 is 0 Å². The fourth-order valence-corrected chi connectivity index (χ4v) is 8.19. The van der Waals surface area contributed by atoms with Crippen LogP contribution in [0.15, 0.2) is 23.3 Å². The maximum Gasteiger partial charge on any atom is 0.0670 e. The number of allylic oxidation sites excluding steroid dienone is 2. The third-order valence-electron chi connectivity index (χ3n) is 9.30. The number of hydrogen-bond donors (Lipinski definition) is 0. The van der Waals surface area contributed by atoms with Crippen LogP contribution in [0.5, 0.6) is 0 Å². The highest BCUT2D eigenvalue weighted by Crippen LogP contribution is 2.40. The second kappa shape index (κ2) is 18.0. The lowest BCUT2D eigenvalue weighted by molar-refractivity contribution is -0.172. The highest BCUT2D eigenvalue weighted by molar-refractivity contribution is 5.11. The standard InChI is InChI=1S/C11H22O.C11H20O.C9H18O.C9H16O/c2*1-6-9-7-10(2,3)12-11(4,5)8-9;2*1-4-9-5-7(2)10-8(3)6-9/h9H,6-8H2,1-5H3;6H,7-8H2,1-5H3;7-9H,4-6H2,1-3H3;4,7-8H,5-6H2,1-3H3. The van der Waals surface area contributed by atoms with Crippen LogP contribution < -0.4 is 0 Å². The highest BCUT2D eigenvalue weighted by atomic mass is 16.5. The molecule has 0 N–H and O–H groups in total. The van der Waals surface area contributed by atoms with Gasteiger partial charge in [-0.25, -0.2) is 0 Å². The minimum atomic E-state index is 0.0175. The molecular formula is C40H76O4. The van der Waals surface area contributed by atoms with E-state index in [1.807, 2.05) is 0 Å². The van der Waals surface area contributed by atoms with Gasteiger partial charge in [-0.1, -0.05) is 50.0 Å². The molecule has 0 amide bonds. The molecule has 4 unspecified atom stereocenters. The SMILES string of the molecule is CC=C1CC(C)(C)OC(C)(C)C1.CC=C1CC(C)OC(C)C1.CCC1CC(C)(C)OC(C)(C)C1.CCC1CC(C)OC(C)C1. The van der Waals surface area contributed by atoms with Gasteiger partial charge in [0.25, 0.3) is 0 Å². The van der Waals surface area contributed by atoms with E-state index in [9.17, 15) is 0 Å². The van der Waals surface area contributed by atoms with Crippen molar-refractivity contribution in [3.05, 3.63) is 23.3 Å². The fourth-order valence-electron chi connectivity index (χ4n) is 8.19. The first-order valence-corrected chi connectivity index (χ1v) is 18.1. The third-order valence-corrected chi connectivity index (χ3v) is 9.30. The topological polar surface area (TPSA) is 36.9 Å². The van der Waals surface area contributed by atoms with Gasteiger partial charge in [0.05, 0.1) is 46.8 Å². The van der Waals surface area contributed by atoms with Crippen LogP contribution in [0.3, 0.4) is 0 Å². The summed E-state index contributed by atoms with van der Waals surface area (Å²) in [4.78, 5) is 0. The molecule has 4 heteroatoms. The van der Waals surface area contributed by atoms with Crippen LogP contribution in [-0.2, 0) is 18.9 Å². The van der Waals surface area contributed by atoms with Crippen molar-refractivity contribution in [2.75, 3.05) is 0 Å². The first-order valence-electron chi connectivity index (χ1n) is 18.1. The number of rotatable bonds is 2. The van der Waals surface area contributed by atoms with Crippen molar-refractivity contribution in [1.82, 2.24) is 0 Å². The fraction of sp³-hybridized carbons (Fsp3) is 0.900. The highest BCUT2D eigenvalue weighted by Gasteiger charge is 2.38. The summed E-state index contributed by atoms with van der Waals surface area (Å²) in [6.07, 6.45) is 18.3. The maximum absolute atomic E-state index is 5.99. The Kier molecular flexibility index (Phi) is 16.9. The van der Waals surface area contributed by atoms with Crippen LogP contribution in [0.2, 0.25) is 0 Å². The summed E-state index contributed by atoms with van der Waals surface area (Å²) in [7, 11) is 0. The Labute approximate surface area is 275 Å². The van der Waals surface area contributed by atoms with Gasteiger partial charge in [0.1, 0.15) is 0 Å². The minimum absolute atomic E-state index is 0.0175. The molecule has 0 saturated carbocycles. The van der Waals surface area contributed by atoms with Crippen molar-refractivity contribution < 1.29 is 18.9 Å². The van der Waals surface area contributed by atoms with Crippen LogP contribution in [0.4, 0.5) is 0 Å². The molecule has 4 saturated heterocycles. The van der Waals surface area contributed by atoms with E-state index in [1.165, 1.54) is 44.1 Å². The van der Waals surface area contributed by atoms with E-state index in [-0.39, 0.29) is 22.4 Å². The second-order valence-electron chi connectivity index (χ2n) is 16.8. The van der Waals surface area contributed by atoms with E-state index in [4.69, 9.17) is 18.9 Å². The molecule has 0 spiro atoms. The molecule has 4 fully saturated rings. The molecule has 44 heavy (non-hydrogen) atoms. The molecule has 0 radical (unpaired) electrons. The van der Waals surface area contributed by atoms with Gasteiger partial charge in [0, 0.05) is 0 Å². The molecule has 260 valence electrons. The van der Waals surface area contributed by atoms with Gasteiger partial charge in [-0.05, 0) is 160 Å². The van der Waals surface area contributed by atoms with E-state index in [1.54, 1.807) is 5.57 Å². The molecule has 0 bridgehead atoms.